The first-order chi connectivity index (χ1) is 16.3. The average Bonchev–Trinajstić information content (AvgIpc) is 3.17. The molecule has 1 heterocycles. The number of benzene rings is 2. The van der Waals surface area contributed by atoms with E-state index < -0.39 is 0 Å². The molecule has 2 aromatic carbocycles. The Morgan fingerprint density at radius 2 is 1.97 bits per heavy atom. The minimum atomic E-state index is -0.290. The second-order valence-electron chi connectivity index (χ2n) is 9.78. The number of carbonyl (C=O) groups is 1. The molecule has 34 heavy (non-hydrogen) atoms. The fourth-order valence-corrected chi connectivity index (χ4v) is 5.10. The van der Waals surface area contributed by atoms with E-state index in [0.717, 1.165) is 34.0 Å². The van der Waals surface area contributed by atoms with Gasteiger partial charge < -0.3 is 4.98 Å². The van der Waals surface area contributed by atoms with Gasteiger partial charge in [-0.2, -0.15) is 5.10 Å². The first kappa shape index (κ1) is 24.0. The van der Waals surface area contributed by atoms with Crippen LogP contribution in [-0.2, 0) is 0 Å². The molecule has 176 valence electrons. The van der Waals surface area contributed by atoms with Crippen LogP contribution in [-0.4, -0.2) is 17.1 Å². The van der Waals surface area contributed by atoms with Crippen molar-refractivity contribution in [3.05, 3.63) is 82.0 Å². The van der Waals surface area contributed by atoms with E-state index in [-0.39, 0.29) is 11.3 Å². The quantitative estimate of drug-likeness (QED) is 0.212. The molecule has 0 atom stereocenters. The van der Waals surface area contributed by atoms with E-state index in [2.05, 4.69) is 42.4 Å². The predicted molar refractivity (Wildman–Crippen MR) is 143 cm³/mol. The minimum absolute atomic E-state index is 0.247. The topological polar surface area (TPSA) is 57.2 Å². The summed E-state index contributed by atoms with van der Waals surface area (Å²) in [6, 6.07) is 15.4. The molecule has 4 nitrogen and oxygen atoms in total. The SMILES string of the molecule is CC1=C(C/C=C(C)/C=N\NC(=O)c2[nH]c3ccc(Cl)cc3c2-c2ccccc2)C(C)(C)CCC1. The Kier molecular flexibility index (Phi) is 7.08. The van der Waals surface area contributed by atoms with Crippen LogP contribution in [0.25, 0.3) is 22.0 Å². The van der Waals surface area contributed by atoms with Gasteiger partial charge in [0, 0.05) is 27.7 Å². The van der Waals surface area contributed by atoms with Crippen molar-refractivity contribution in [3.8, 4) is 11.1 Å². The summed E-state index contributed by atoms with van der Waals surface area (Å²) < 4.78 is 0. The molecule has 1 amide bonds. The molecule has 0 unspecified atom stereocenters. The average molecular weight is 474 g/mol. The molecule has 4 rings (SSSR count). The van der Waals surface area contributed by atoms with Gasteiger partial charge in [-0.05, 0) is 74.3 Å². The summed E-state index contributed by atoms with van der Waals surface area (Å²) in [4.78, 5) is 16.3. The molecule has 0 fully saturated rings. The molecule has 1 aliphatic carbocycles. The number of aromatic nitrogens is 1. The molecule has 1 aliphatic rings. The summed E-state index contributed by atoms with van der Waals surface area (Å²) in [6.45, 7) is 8.94. The Hall–Kier alpha value is -3.11. The number of halogens is 1. The fraction of sp³-hybridized carbons (Fsp3) is 0.310. The van der Waals surface area contributed by atoms with E-state index in [0.29, 0.717) is 10.7 Å². The van der Waals surface area contributed by atoms with Crippen molar-refractivity contribution in [2.45, 2.75) is 53.4 Å². The Labute approximate surface area is 206 Å². The lowest BCUT2D eigenvalue weighted by molar-refractivity contribution is 0.0951. The number of hydrogen-bond acceptors (Lipinski definition) is 2. The van der Waals surface area contributed by atoms with Crippen molar-refractivity contribution in [1.29, 1.82) is 0 Å². The van der Waals surface area contributed by atoms with Gasteiger partial charge in [0.25, 0.3) is 5.91 Å². The van der Waals surface area contributed by atoms with Crippen molar-refractivity contribution >= 4 is 34.6 Å². The number of nitrogens with one attached hydrogen (secondary N) is 2. The number of fused-ring (bicyclic) bond motifs is 1. The van der Waals surface area contributed by atoms with Crippen LogP contribution >= 0.6 is 11.6 Å². The number of allylic oxidation sites excluding steroid dienone is 4. The lowest BCUT2D eigenvalue weighted by Gasteiger charge is -2.34. The van der Waals surface area contributed by atoms with Gasteiger partial charge in [0.2, 0.25) is 0 Å². The number of carbonyl (C=O) groups excluding carboxylic acids is 1. The first-order valence-corrected chi connectivity index (χ1v) is 12.2. The lowest BCUT2D eigenvalue weighted by atomic mass is 9.71. The second kappa shape index (κ2) is 10.0. The van der Waals surface area contributed by atoms with Crippen LogP contribution < -0.4 is 5.43 Å². The highest BCUT2D eigenvalue weighted by molar-refractivity contribution is 6.31. The van der Waals surface area contributed by atoms with Gasteiger partial charge >= 0.3 is 0 Å². The maximum atomic E-state index is 13.1. The van der Waals surface area contributed by atoms with Crippen LogP contribution in [0.1, 0.15) is 63.9 Å². The molecule has 3 aromatic rings. The van der Waals surface area contributed by atoms with Crippen molar-refractivity contribution < 1.29 is 4.79 Å². The third kappa shape index (κ3) is 5.18. The highest BCUT2D eigenvalue weighted by Gasteiger charge is 2.27. The summed E-state index contributed by atoms with van der Waals surface area (Å²) >= 11 is 6.25. The monoisotopic (exact) mass is 473 g/mol. The van der Waals surface area contributed by atoms with Crippen molar-refractivity contribution in [2.24, 2.45) is 10.5 Å². The number of H-pyrrole nitrogens is 1. The highest BCUT2D eigenvalue weighted by Crippen LogP contribution is 2.42. The zero-order chi connectivity index (χ0) is 24.3. The molecule has 0 bridgehead atoms. The molecule has 0 aliphatic heterocycles. The number of nitrogens with zero attached hydrogens (tertiary/aromatic N) is 1. The van der Waals surface area contributed by atoms with Gasteiger partial charge in [0.15, 0.2) is 0 Å². The number of rotatable bonds is 6. The Morgan fingerprint density at radius 1 is 1.21 bits per heavy atom. The number of amides is 1. The number of aromatic amines is 1. The van der Waals surface area contributed by atoms with Crippen molar-refractivity contribution in [2.75, 3.05) is 0 Å². The summed E-state index contributed by atoms with van der Waals surface area (Å²) in [5.41, 5.74) is 10.1. The van der Waals surface area contributed by atoms with Gasteiger partial charge in [-0.1, -0.05) is 73.0 Å². The van der Waals surface area contributed by atoms with Crippen LogP contribution in [0.2, 0.25) is 5.02 Å². The molecular weight excluding hydrogens is 442 g/mol. The van der Waals surface area contributed by atoms with Crippen LogP contribution in [0.5, 0.6) is 0 Å². The number of hydrogen-bond donors (Lipinski definition) is 2. The van der Waals surface area contributed by atoms with Crippen LogP contribution in [0.15, 0.2) is 76.4 Å². The van der Waals surface area contributed by atoms with Gasteiger partial charge in [0.1, 0.15) is 5.69 Å². The highest BCUT2D eigenvalue weighted by atomic mass is 35.5. The molecular formula is C29H32ClN3O. The third-order valence-corrected chi connectivity index (χ3v) is 7.03. The standard InChI is InChI=1S/C29H32ClN3O/c1-19(12-14-24-20(2)9-8-16-29(24,3)4)18-31-33-28(34)27-26(21-10-6-5-7-11-21)23-17-22(30)13-15-25(23)32-27/h5-7,10-13,15,17-18,32H,8-9,14,16H2,1-4H3,(H,33,34)/b19-12+,31-18-. The fourth-order valence-electron chi connectivity index (χ4n) is 4.93. The largest absolute Gasteiger partial charge is 0.350 e. The summed E-state index contributed by atoms with van der Waals surface area (Å²) in [6.07, 6.45) is 8.52. The molecule has 2 N–H and O–H groups in total. The van der Waals surface area contributed by atoms with Crippen LogP contribution in [0.4, 0.5) is 0 Å². The van der Waals surface area contributed by atoms with Crippen molar-refractivity contribution in [3.63, 3.8) is 0 Å². The van der Waals surface area contributed by atoms with E-state index in [1.165, 1.54) is 30.4 Å². The van der Waals surface area contributed by atoms with E-state index in [1.54, 1.807) is 6.21 Å². The summed E-state index contributed by atoms with van der Waals surface area (Å²) in [5, 5.41) is 5.77. The molecule has 1 aromatic heterocycles. The number of hydrazone groups is 1. The molecule has 0 spiro atoms. The van der Waals surface area contributed by atoms with E-state index in [1.807, 2.05) is 55.5 Å². The molecule has 5 heteroatoms. The third-order valence-electron chi connectivity index (χ3n) is 6.80. The smallest absolute Gasteiger partial charge is 0.288 e. The zero-order valence-corrected chi connectivity index (χ0v) is 21.1. The first-order valence-electron chi connectivity index (χ1n) is 11.8. The summed E-state index contributed by atoms with van der Waals surface area (Å²) in [7, 11) is 0. The molecule has 0 saturated carbocycles. The van der Waals surface area contributed by atoms with Gasteiger partial charge in [0.05, 0.1) is 0 Å². The lowest BCUT2D eigenvalue weighted by Crippen LogP contribution is -2.20. The Balaban J connectivity index is 1.53. The Morgan fingerprint density at radius 3 is 2.71 bits per heavy atom. The van der Waals surface area contributed by atoms with Gasteiger partial charge in [-0.15, -0.1) is 0 Å². The van der Waals surface area contributed by atoms with E-state index in [9.17, 15) is 4.79 Å². The van der Waals surface area contributed by atoms with Crippen LogP contribution in [0.3, 0.4) is 0 Å². The minimum Gasteiger partial charge on any atom is -0.350 e. The second-order valence-corrected chi connectivity index (χ2v) is 10.2. The van der Waals surface area contributed by atoms with Gasteiger partial charge in [-0.25, -0.2) is 5.43 Å². The normalized spacial score (nSPS) is 16.4. The van der Waals surface area contributed by atoms with E-state index >= 15 is 0 Å². The maximum absolute atomic E-state index is 13.1. The molecule has 0 saturated heterocycles. The zero-order valence-electron chi connectivity index (χ0n) is 20.3. The predicted octanol–water partition coefficient (Wildman–Crippen LogP) is 8.07. The maximum Gasteiger partial charge on any atom is 0.288 e. The van der Waals surface area contributed by atoms with E-state index in [4.69, 9.17) is 11.6 Å². The summed E-state index contributed by atoms with van der Waals surface area (Å²) in [5.74, 6) is -0.290. The Bertz CT molecular complexity index is 1300. The van der Waals surface area contributed by atoms with Crippen molar-refractivity contribution in [1.82, 2.24) is 10.4 Å². The van der Waals surface area contributed by atoms with Crippen LogP contribution in [0, 0.1) is 5.41 Å². The molecule has 0 radical (unpaired) electrons. The van der Waals surface area contributed by atoms with Gasteiger partial charge in [-0.3, -0.25) is 4.79 Å².